The van der Waals surface area contributed by atoms with Crippen LogP contribution in [0.25, 0.3) is 0 Å². The average molecular weight is 290 g/mol. The molecule has 0 bridgehead atoms. The van der Waals surface area contributed by atoms with Crippen LogP contribution in [0.15, 0.2) is 24.3 Å². The van der Waals surface area contributed by atoms with Gasteiger partial charge >= 0.3 is 0 Å². The van der Waals surface area contributed by atoms with Crippen LogP contribution in [0.1, 0.15) is 46.0 Å². The highest BCUT2D eigenvalue weighted by Crippen LogP contribution is 2.27. The van der Waals surface area contributed by atoms with E-state index in [1.54, 1.807) is 0 Å². The summed E-state index contributed by atoms with van der Waals surface area (Å²) in [5.41, 5.74) is 2.49. The molecule has 0 amide bonds. The van der Waals surface area contributed by atoms with Gasteiger partial charge < -0.3 is 15.3 Å². The molecule has 1 heterocycles. The summed E-state index contributed by atoms with van der Waals surface area (Å²) in [6.45, 7) is 7.76. The Kier molecular flexibility index (Phi) is 5.92. The van der Waals surface area contributed by atoms with E-state index in [1.807, 2.05) is 0 Å². The summed E-state index contributed by atoms with van der Waals surface area (Å²) in [7, 11) is 0. The number of hydrogen-bond donors (Lipinski definition) is 2. The zero-order chi connectivity index (χ0) is 15.1. The molecule has 2 rings (SSSR count). The van der Waals surface area contributed by atoms with Crippen LogP contribution in [0.3, 0.4) is 0 Å². The first-order chi connectivity index (χ1) is 10.2. The van der Waals surface area contributed by atoms with Gasteiger partial charge in [-0.05, 0) is 56.4 Å². The molecular formula is C18H30N2O. The van der Waals surface area contributed by atoms with Crippen molar-refractivity contribution in [2.75, 3.05) is 36.5 Å². The van der Waals surface area contributed by atoms with Crippen LogP contribution >= 0.6 is 0 Å². The molecule has 3 heteroatoms. The molecule has 118 valence electrons. The van der Waals surface area contributed by atoms with E-state index in [9.17, 15) is 5.11 Å². The first-order valence-corrected chi connectivity index (χ1v) is 8.43. The van der Waals surface area contributed by atoms with Crippen molar-refractivity contribution in [3.05, 3.63) is 24.3 Å². The summed E-state index contributed by atoms with van der Waals surface area (Å²) in [5, 5.41) is 13.1. The Bertz CT molecular complexity index is 397. The summed E-state index contributed by atoms with van der Waals surface area (Å²) < 4.78 is 0. The predicted octanol–water partition coefficient (Wildman–Crippen LogP) is 3.89. The van der Waals surface area contributed by atoms with Crippen molar-refractivity contribution >= 4 is 11.4 Å². The highest BCUT2D eigenvalue weighted by atomic mass is 16.3. The van der Waals surface area contributed by atoms with E-state index in [0.717, 1.165) is 25.1 Å². The minimum Gasteiger partial charge on any atom is -0.396 e. The molecule has 1 aliphatic rings. The van der Waals surface area contributed by atoms with Crippen LogP contribution in [0.5, 0.6) is 0 Å². The Hall–Kier alpha value is -1.22. The van der Waals surface area contributed by atoms with Gasteiger partial charge in [0.25, 0.3) is 0 Å². The Morgan fingerprint density at radius 1 is 1.05 bits per heavy atom. The lowest BCUT2D eigenvalue weighted by Crippen LogP contribution is -2.32. The minimum absolute atomic E-state index is 0.00550. The molecule has 2 N–H and O–H groups in total. The monoisotopic (exact) mass is 290 g/mol. The Morgan fingerprint density at radius 2 is 1.67 bits per heavy atom. The van der Waals surface area contributed by atoms with Gasteiger partial charge in [0.1, 0.15) is 0 Å². The Labute approximate surface area is 129 Å². The lowest BCUT2D eigenvalue weighted by atomic mass is 9.83. The van der Waals surface area contributed by atoms with Crippen LogP contribution < -0.4 is 10.2 Å². The van der Waals surface area contributed by atoms with Crippen molar-refractivity contribution < 1.29 is 5.11 Å². The van der Waals surface area contributed by atoms with Crippen LogP contribution in [0.4, 0.5) is 11.4 Å². The van der Waals surface area contributed by atoms with Crippen LogP contribution in [0, 0.1) is 5.41 Å². The zero-order valence-corrected chi connectivity index (χ0v) is 13.6. The molecule has 0 aromatic heterocycles. The van der Waals surface area contributed by atoms with Gasteiger partial charge in [0.15, 0.2) is 0 Å². The number of piperidine rings is 1. The fourth-order valence-corrected chi connectivity index (χ4v) is 3.01. The van der Waals surface area contributed by atoms with E-state index in [4.69, 9.17) is 0 Å². The fourth-order valence-electron chi connectivity index (χ4n) is 3.01. The van der Waals surface area contributed by atoms with E-state index < -0.39 is 0 Å². The zero-order valence-electron chi connectivity index (χ0n) is 13.6. The van der Waals surface area contributed by atoms with Gasteiger partial charge in [0, 0.05) is 36.4 Å². The highest BCUT2D eigenvalue weighted by molar-refractivity contribution is 5.55. The molecule has 0 radical (unpaired) electrons. The van der Waals surface area contributed by atoms with Crippen LogP contribution in [-0.2, 0) is 0 Å². The van der Waals surface area contributed by atoms with Gasteiger partial charge in [-0.15, -0.1) is 0 Å². The van der Waals surface area contributed by atoms with E-state index in [2.05, 4.69) is 48.3 Å². The Balaban J connectivity index is 1.92. The maximum Gasteiger partial charge on any atom is 0.0504 e. The standard InChI is InChI=1S/C18H30N2O/c1-3-18(4-2,15-21)14-19-16-8-10-17(11-9-16)20-12-6-5-7-13-20/h8-11,19,21H,3-7,12-15H2,1-2H3. The molecule has 0 aliphatic carbocycles. The van der Waals surface area contributed by atoms with Crippen molar-refractivity contribution in [3.8, 4) is 0 Å². The highest BCUT2D eigenvalue weighted by Gasteiger charge is 2.24. The number of nitrogens with one attached hydrogen (secondary N) is 1. The van der Waals surface area contributed by atoms with Gasteiger partial charge in [-0.3, -0.25) is 0 Å². The normalized spacial score (nSPS) is 16.0. The number of nitrogens with zero attached hydrogens (tertiary/aromatic N) is 1. The maximum atomic E-state index is 9.62. The average Bonchev–Trinajstić information content (AvgIpc) is 2.58. The summed E-state index contributed by atoms with van der Waals surface area (Å²) in [6.07, 6.45) is 5.99. The summed E-state index contributed by atoms with van der Waals surface area (Å²) in [6, 6.07) is 8.76. The van der Waals surface area contributed by atoms with Gasteiger partial charge in [-0.2, -0.15) is 0 Å². The molecular weight excluding hydrogens is 260 g/mol. The molecule has 1 fully saturated rings. The van der Waals surface area contributed by atoms with Crippen molar-refractivity contribution in [2.45, 2.75) is 46.0 Å². The lowest BCUT2D eigenvalue weighted by Gasteiger charge is -2.31. The molecule has 3 nitrogen and oxygen atoms in total. The van der Waals surface area contributed by atoms with Crippen molar-refractivity contribution in [1.29, 1.82) is 0 Å². The number of aliphatic hydroxyl groups excluding tert-OH is 1. The number of benzene rings is 1. The summed E-state index contributed by atoms with van der Waals surface area (Å²) in [4.78, 5) is 2.48. The van der Waals surface area contributed by atoms with Crippen molar-refractivity contribution in [2.24, 2.45) is 5.41 Å². The molecule has 0 atom stereocenters. The van der Waals surface area contributed by atoms with E-state index in [-0.39, 0.29) is 12.0 Å². The van der Waals surface area contributed by atoms with E-state index in [1.165, 1.54) is 38.0 Å². The van der Waals surface area contributed by atoms with Crippen LogP contribution in [0.2, 0.25) is 0 Å². The molecule has 0 spiro atoms. The molecule has 1 aromatic rings. The van der Waals surface area contributed by atoms with Crippen molar-refractivity contribution in [1.82, 2.24) is 0 Å². The largest absolute Gasteiger partial charge is 0.396 e. The molecule has 21 heavy (non-hydrogen) atoms. The van der Waals surface area contributed by atoms with E-state index in [0.29, 0.717) is 0 Å². The molecule has 1 saturated heterocycles. The number of aliphatic hydroxyl groups is 1. The quantitative estimate of drug-likeness (QED) is 0.800. The van der Waals surface area contributed by atoms with Gasteiger partial charge in [0.05, 0.1) is 6.61 Å². The topological polar surface area (TPSA) is 35.5 Å². The number of anilines is 2. The van der Waals surface area contributed by atoms with Gasteiger partial charge in [-0.25, -0.2) is 0 Å². The summed E-state index contributed by atoms with van der Waals surface area (Å²) in [5.74, 6) is 0. The number of hydrogen-bond acceptors (Lipinski definition) is 3. The second-order valence-corrected chi connectivity index (χ2v) is 6.31. The van der Waals surface area contributed by atoms with Crippen LogP contribution in [-0.4, -0.2) is 31.3 Å². The maximum absolute atomic E-state index is 9.62. The molecule has 0 saturated carbocycles. The lowest BCUT2D eigenvalue weighted by molar-refractivity contribution is 0.127. The second kappa shape index (κ2) is 7.69. The fraction of sp³-hybridized carbons (Fsp3) is 0.667. The predicted molar refractivity (Wildman–Crippen MR) is 91.1 cm³/mol. The molecule has 1 aliphatic heterocycles. The third kappa shape index (κ3) is 4.13. The smallest absolute Gasteiger partial charge is 0.0504 e. The Morgan fingerprint density at radius 3 is 2.19 bits per heavy atom. The molecule has 1 aromatic carbocycles. The van der Waals surface area contributed by atoms with Gasteiger partial charge in [0.2, 0.25) is 0 Å². The van der Waals surface area contributed by atoms with Gasteiger partial charge in [-0.1, -0.05) is 13.8 Å². The molecule has 0 unspecified atom stereocenters. The van der Waals surface area contributed by atoms with E-state index >= 15 is 0 Å². The second-order valence-electron chi connectivity index (χ2n) is 6.31. The third-order valence-corrected chi connectivity index (χ3v) is 5.09. The minimum atomic E-state index is 0.00550. The SMILES string of the molecule is CCC(CC)(CO)CNc1ccc(N2CCCCC2)cc1. The van der Waals surface area contributed by atoms with Crippen molar-refractivity contribution in [3.63, 3.8) is 0 Å². The number of rotatable bonds is 7. The first kappa shape index (κ1) is 16.2. The summed E-state index contributed by atoms with van der Waals surface area (Å²) >= 11 is 0. The first-order valence-electron chi connectivity index (χ1n) is 8.43. The third-order valence-electron chi connectivity index (χ3n) is 5.09.